The highest BCUT2D eigenvalue weighted by atomic mass is 32.1. The summed E-state index contributed by atoms with van der Waals surface area (Å²) in [5.41, 5.74) is 2.16. The summed E-state index contributed by atoms with van der Waals surface area (Å²) in [4.78, 5) is 29.8. The first kappa shape index (κ1) is 15.0. The van der Waals surface area contributed by atoms with Crippen LogP contribution in [0.25, 0.3) is 0 Å². The summed E-state index contributed by atoms with van der Waals surface area (Å²) >= 11 is 1.70. The van der Waals surface area contributed by atoms with Crippen molar-refractivity contribution in [1.82, 2.24) is 20.5 Å². The quantitative estimate of drug-likeness (QED) is 0.802. The smallest absolute Gasteiger partial charge is 0.267 e. The van der Waals surface area contributed by atoms with E-state index in [4.69, 9.17) is 0 Å². The van der Waals surface area contributed by atoms with Gasteiger partial charge in [-0.05, 0) is 39.5 Å². The minimum atomic E-state index is -0.231. The van der Waals surface area contributed by atoms with Crippen LogP contribution in [0.1, 0.15) is 52.6 Å². The molecule has 118 valence electrons. The molecule has 0 unspecified atom stereocenters. The summed E-state index contributed by atoms with van der Waals surface area (Å²) in [6.07, 6.45) is 4.66. The fraction of sp³-hybridized carbons (Fsp3) is 0.533. The van der Waals surface area contributed by atoms with Gasteiger partial charge in [-0.25, -0.2) is 4.98 Å². The highest BCUT2D eigenvalue weighted by molar-refractivity contribution is 7.11. The fourth-order valence-corrected chi connectivity index (χ4v) is 3.91. The third-order valence-electron chi connectivity index (χ3n) is 4.04. The average Bonchev–Trinajstić information content (AvgIpc) is 3.05. The van der Waals surface area contributed by atoms with E-state index >= 15 is 0 Å². The van der Waals surface area contributed by atoms with Crippen molar-refractivity contribution >= 4 is 17.2 Å². The molecule has 0 aliphatic heterocycles. The van der Waals surface area contributed by atoms with E-state index < -0.39 is 0 Å². The van der Waals surface area contributed by atoms with Crippen molar-refractivity contribution in [1.29, 1.82) is 0 Å². The van der Waals surface area contributed by atoms with Gasteiger partial charge in [0.25, 0.3) is 5.56 Å². The van der Waals surface area contributed by atoms with Gasteiger partial charge in [0.2, 0.25) is 5.91 Å². The van der Waals surface area contributed by atoms with Crippen molar-refractivity contribution in [3.63, 3.8) is 0 Å². The molecule has 1 aliphatic rings. The number of thiazole rings is 1. The zero-order valence-corrected chi connectivity index (χ0v) is 13.6. The van der Waals surface area contributed by atoms with Crippen molar-refractivity contribution in [2.24, 2.45) is 0 Å². The van der Waals surface area contributed by atoms with Crippen LogP contribution in [-0.2, 0) is 24.1 Å². The van der Waals surface area contributed by atoms with Crippen molar-refractivity contribution in [3.8, 4) is 0 Å². The summed E-state index contributed by atoms with van der Waals surface area (Å²) in [7, 11) is 0. The first-order chi connectivity index (χ1) is 10.5. The van der Waals surface area contributed by atoms with Gasteiger partial charge in [-0.15, -0.1) is 11.3 Å². The Kier molecular flexibility index (Phi) is 4.15. The van der Waals surface area contributed by atoms with Crippen molar-refractivity contribution in [2.45, 2.75) is 52.0 Å². The van der Waals surface area contributed by atoms with Crippen molar-refractivity contribution in [2.75, 3.05) is 0 Å². The molecule has 2 heterocycles. The van der Waals surface area contributed by atoms with Crippen LogP contribution >= 0.6 is 11.3 Å². The van der Waals surface area contributed by atoms with E-state index in [0.29, 0.717) is 11.3 Å². The number of hydrogen-bond acceptors (Lipinski definition) is 4. The van der Waals surface area contributed by atoms with Crippen LogP contribution in [0.3, 0.4) is 0 Å². The number of fused-ring (bicyclic) bond motifs is 1. The summed E-state index contributed by atoms with van der Waals surface area (Å²) < 4.78 is 0. The Hall–Kier alpha value is -1.89. The monoisotopic (exact) mass is 320 g/mol. The fourth-order valence-electron chi connectivity index (χ4n) is 2.76. The predicted octanol–water partition coefficient (Wildman–Crippen LogP) is 1.77. The van der Waals surface area contributed by atoms with Gasteiger partial charge in [0.05, 0.1) is 18.2 Å². The van der Waals surface area contributed by atoms with Crippen molar-refractivity contribution in [3.05, 3.63) is 37.2 Å². The summed E-state index contributed by atoms with van der Waals surface area (Å²) in [6.45, 7) is 3.72. The largest absolute Gasteiger partial charge is 0.347 e. The molecule has 2 aromatic heterocycles. The molecule has 0 radical (unpaired) electrons. The van der Waals surface area contributed by atoms with E-state index in [1.54, 1.807) is 18.3 Å². The van der Waals surface area contributed by atoms with E-state index in [-0.39, 0.29) is 23.9 Å². The van der Waals surface area contributed by atoms with Crippen LogP contribution < -0.4 is 10.9 Å². The van der Waals surface area contributed by atoms with Crippen LogP contribution in [0.5, 0.6) is 0 Å². The van der Waals surface area contributed by atoms with Gasteiger partial charge >= 0.3 is 0 Å². The first-order valence-corrected chi connectivity index (χ1v) is 8.40. The predicted molar refractivity (Wildman–Crippen MR) is 85.2 cm³/mol. The van der Waals surface area contributed by atoms with Crippen LogP contribution in [0.15, 0.2) is 4.79 Å². The number of aromatic nitrogens is 3. The number of nitrogens with zero attached hydrogens (tertiary/aromatic N) is 1. The second-order valence-electron chi connectivity index (χ2n) is 5.78. The molecule has 2 aromatic rings. The second-order valence-corrected chi connectivity index (χ2v) is 6.89. The van der Waals surface area contributed by atoms with Crippen LogP contribution in [0.2, 0.25) is 0 Å². The van der Waals surface area contributed by atoms with E-state index in [2.05, 4.69) is 20.5 Å². The van der Waals surface area contributed by atoms with Gasteiger partial charge in [0.15, 0.2) is 0 Å². The molecule has 0 aromatic carbocycles. The lowest BCUT2D eigenvalue weighted by Crippen LogP contribution is -2.29. The number of rotatable bonds is 4. The number of aromatic amines is 2. The maximum Gasteiger partial charge on any atom is 0.267 e. The molecule has 1 atom stereocenters. The van der Waals surface area contributed by atoms with Crippen LogP contribution in [0, 0.1) is 6.92 Å². The lowest BCUT2D eigenvalue weighted by atomic mass is 10.0. The number of carbonyl (C=O) groups excluding carboxylic acids is 1. The number of H-pyrrole nitrogens is 2. The summed E-state index contributed by atoms with van der Waals surface area (Å²) in [5.74, 6) is -0.158. The molecule has 22 heavy (non-hydrogen) atoms. The molecular weight excluding hydrogens is 300 g/mol. The van der Waals surface area contributed by atoms with Crippen LogP contribution in [0.4, 0.5) is 0 Å². The molecule has 0 saturated heterocycles. The Morgan fingerprint density at radius 1 is 1.36 bits per heavy atom. The average molecular weight is 320 g/mol. The van der Waals surface area contributed by atoms with Gasteiger partial charge in [0.1, 0.15) is 5.01 Å². The zero-order chi connectivity index (χ0) is 15.7. The summed E-state index contributed by atoms with van der Waals surface area (Å²) in [5, 5.41) is 9.12. The number of carbonyl (C=O) groups is 1. The molecule has 3 N–H and O–H groups in total. The van der Waals surface area contributed by atoms with Crippen molar-refractivity contribution < 1.29 is 4.79 Å². The third kappa shape index (κ3) is 2.99. The highest BCUT2D eigenvalue weighted by Gasteiger charge is 2.20. The van der Waals surface area contributed by atoms with Gasteiger partial charge in [0, 0.05) is 16.1 Å². The maximum absolute atomic E-state index is 12.1. The Bertz CT molecular complexity index is 720. The van der Waals surface area contributed by atoms with Gasteiger partial charge in [-0.1, -0.05) is 0 Å². The standard InChI is InChI=1S/C15H20N4O2S/c1-8-10(14(21)19-18-8)7-13(20)16-9(2)15-17-11-5-3-4-6-12(11)22-15/h9H,3-7H2,1-2H3,(H,16,20)(H2,18,19,21)/t9-/m0/s1. The molecule has 3 rings (SSSR count). The molecule has 0 fully saturated rings. The van der Waals surface area contributed by atoms with E-state index in [0.717, 1.165) is 17.8 Å². The Morgan fingerprint density at radius 2 is 2.14 bits per heavy atom. The van der Waals surface area contributed by atoms with Gasteiger partial charge < -0.3 is 10.4 Å². The van der Waals surface area contributed by atoms with E-state index in [1.165, 1.54) is 23.4 Å². The van der Waals surface area contributed by atoms with Gasteiger partial charge in [-0.2, -0.15) is 0 Å². The lowest BCUT2D eigenvalue weighted by molar-refractivity contribution is -0.121. The SMILES string of the molecule is Cc1[nH][nH]c(=O)c1CC(=O)N[C@@H](C)c1nc2c(s1)CCCC2. The molecule has 6 nitrogen and oxygen atoms in total. The lowest BCUT2D eigenvalue weighted by Gasteiger charge is -2.10. The molecular formula is C15H20N4O2S. The van der Waals surface area contributed by atoms with Crippen LogP contribution in [-0.4, -0.2) is 21.1 Å². The Labute approximate surface area is 132 Å². The second kappa shape index (κ2) is 6.08. The minimum Gasteiger partial charge on any atom is -0.347 e. The molecule has 7 heteroatoms. The summed E-state index contributed by atoms with van der Waals surface area (Å²) in [6, 6.07) is -0.124. The zero-order valence-electron chi connectivity index (χ0n) is 12.8. The Morgan fingerprint density at radius 3 is 2.82 bits per heavy atom. The normalized spacial score (nSPS) is 15.4. The number of hydrogen-bond donors (Lipinski definition) is 3. The molecule has 0 bridgehead atoms. The van der Waals surface area contributed by atoms with Gasteiger partial charge in [-0.3, -0.25) is 14.7 Å². The molecule has 1 amide bonds. The molecule has 1 aliphatic carbocycles. The number of aryl methyl sites for hydroxylation is 3. The maximum atomic E-state index is 12.1. The number of nitrogens with one attached hydrogen (secondary N) is 3. The number of amides is 1. The third-order valence-corrected chi connectivity index (χ3v) is 5.38. The Balaban J connectivity index is 1.66. The van der Waals surface area contributed by atoms with E-state index in [9.17, 15) is 9.59 Å². The molecule has 0 spiro atoms. The van der Waals surface area contributed by atoms with E-state index in [1.807, 2.05) is 6.92 Å². The molecule has 0 saturated carbocycles. The topological polar surface area (TPSA) is 90.6 Å². The minimum absolute atomic E-state index is 0.0834. The first-order valence-electron chi connectivity index (χ1n) is 7.58. The highest BCUT2D eigenvalue weighted by Crippen LogP contribution is 2.29.